The Kier molecular flexibility index (Phi) is 5.75. The molecule has 3 heterocycles. The number of para-hydroxylation sites is 1. The minimum absolute atomic E-state index is 0.0470. The molecule has 3 amide bonds. The summed E-state index contributed by atoms with van der Waals surface area (Å²) in [5, 5.41) is 2.40. The number of aromatic nitrogens is 1. The van der Waals surface area contributed by atoms with Crippen molar-refractivity contribution in [3.8, 4) is 0 Å². The zero-order valence-electron chi connectivity index (χ0n) is 16.0. The van der Waals surface area contributed by atoms with Crippen LogP contribution in [0.5, 0.6) is 0 Å². The SMILES string of the molecule is O=C(Cc1csc(N2CCCC2=O)n1)NNC(=O)CN1CCCc2ccccc21. The number of hydrogen-bond donors (Lipinski definition) is 2. The average Bonchev–Trinajstić information content (AvgIpc) is 3.35. The minimum atomic E-state index is -0.345. The van der Waals surface area contributed by atoms with Gasteiger partial charge in [0.2, 0.25) is 11.8 Å². The molecule has 0 unspecified atom stereocenters. The first-order valence-corrected chi connectivity index (χ1v) is 10.6. The normalized spacial score (nSPS) is 15.9. The molecule has 29 heavy (non-hydrogen) atoms. The molecule has 4 rings (SSSR count). The summed E-state index contributed by atoms with van der Waals surface area (Å²) in [4.78, 5) is 44.3. The van der Waals surface area contributed by atoms with Crippen LogP contribution in [0.25, 0.3) is 0 Å². The van der Waals surface area contributed by atoms with Crippen LogP contribution >= 0.6 is 11.3 Å². The summed E-state index contributed by atoms with van der Waals surface area (Å²) in [6, 6.07) is 8.07. The molecular formula is C20H23N5O3S. The van der Waals surface area contributed by atoms with Crippen molar-refractivity contribution in [3.05, 3.63) is 40.9 Å². The number of fused-ring (bicyclic) bond motifs is 1. The number of nitrogens with zero attached hydrogens (tertiary/aromatic N) is 3. The molecule has 2 aliphatic rings. The smallest absolute Gasteiger partial charge is 0.257 e. The van der Waals surface area contributed by atoms with Gasteiger partial charge < -0.3 is 4.90 Å². The van der Waals surface area contributed by atoms with Gasteiger partial charge in [-0.2, -0.15) is 0 Å². The quantitative estimate of drug-likeness (QED) is 0.723. The van der Waals surface area contributed by atoms with Crippen molar-refractivity contribution in [2.45, 2.75) is 32.1 Å². The number of aryl methyl sites for hydroxylation is 1. The highest BCUT2D eigenvalue weighted by atomic mass is 32.1. The Hall–Kier alpha value is -2.94. The predicted octanol–water partition coefficient (Wildman–Crippen LogP) is 1.41. The largest absolute Gasteiger partial charge is 0.362 e. The van der Waals surface area contributed by atoms with Crippen molar-refractivity contribution in [2.75, 3.05) is 29.4 Å². The van der Waals surface area contributed by atoms with Crippen LogP contribution < -0.4 is 20.7 Å². The highest BCUT2D eigenvalue weighted by Gasteiger charge is 2.24. The van der Waals surface area contributed by atoms with E-state index in [4.69, 9.17) is 0 Å². The summed E-state index contributed by atoms with van der Waals surface area (Å²) in [7, 11) is 0. The third kappa shape index (κ3) is 4.56. The number of thiazole rings is 1. The van der Waals surface area contributed by atoms with E-state index in [0.717, 1.165) is 31.5 Å². The summed E-state index contributed by atoms with van der Waals surface area (Å²) in [5.41, 5.74) is 7.83. The first-order valence-electron chi connectivity index (χ1n) is 9.75. The molecule has 2 aliphatic heterocycles. The second-order valence-corrected chi connectivity index (χ2v) is 8.03. The average molecular weight is 414 g/mol. The van der Waals surface area contributed by atoms with E-state index in [1.165, 1.54) is 16.9 Å². The molecule has 1 saturated heterocycles. The Morgan fingerprint density at radius 3 is 2.69 bits per heavy atom. The van der Waals surface area contributed by atoms with Gasteiger partial charge in [-0.3, -0.25) is 30.1 Å². The Balaban J connectivity index is 1.25. The van der Waals surface area contributed by atoms with Gasteiger partial charge in [-0.05, 0) is 30.9 Å². The van der Waals surface area contributed by atoms with Gasteiger partial charge in [-0.15, -0.1) is 11.3 Å². The van der Waals surface area contributed by atoms with Crippen LogP contribution in [0.3, 0.4) is 0 Å². The molecule has 1 fully saturated rings. The summed E-state index contributed by atoms with van der Waals surface area (Å²) < 4.78 is 0. The van der Waals surface area contributed by atoms with Crippen molar-refractivity contribution in [1.82, 2.24) is 15.8 Å². The Morgan fingerprint density at radius 1 is 1.07 bits per heavy atom. The topological polar surface area (TPSA) is 94.6 Å². The van der Waals surface area contributed by atoms with E-state index >= 15 is 0 Å². The lowest BCUT2D eigenvalue weighted by atomic mass is 10.0. The van der Waals surface area contributed by atoms with E-state index in [1.807, 2.05) is 23.1 Å². The van der Waals surface area contributed by atoms with E-state index in [0.29, 0.717) is 23.8 Å². The first-order chi connectivity index (χ1) is 14.1. The molecule has 152 valence electrons. The third-order valence-corrected chi connectivity index (χ3v) is 5.98. The highest BCUT2D eigenvalue weighted by molar-refractivity contribution is 7.14. The molecule has 0 radical (unpaired) electrons. The minimum Gasteiger partial charge on any atom is -0.362 e. The molecule has 2 N–H and O–H groups in total. The van der Waals surface area contributed by atoms with Gasteiger partial charge in [-0.25, -0.2) is 4.98 Å². The van der Waals surface area contributed by atoms with Crippen molar-refractivity contribution >= 4 is 39.9 Å². The number of amides is 3. The monoisotopic (exact) mass is 413 g/mol. The molecule has 9 heteroatoms. The number of benzene rings is 1. The van der Waals surface area contributed by atoms with Gasteiger partial charge in [-0.1, -0.05) is 18.2 Å². The van der Waals surface area contributed by atoms with Crippen LogP contribution in [0.15, 0.2) is 29.6 Å². The van der Waals surface area contributed by atoms with Crippen molar-refractivity contribution in [1.29, 1.82) is 0 Å². The van der Waals surface area contributed by atoms with E-state index < -0.39 is 0 Å². The molecule has 0 atom stereocenters. The Bertz CT molecular complexity index is 928. The molecule has 2 aromatic rings. The molecule has 0 saturated carbocycles. The fourth-order valence-electron chi connectivity index (χ4n) is 3.69. The lowest BCUT2D eigenvalue weighted by molar-refractivity contribution is -0.127. The fraction of sp³-hybridized carbons (Fsp3) is 0.400. The molecule has 1 aromatic carbocycles. The number of carbonyl (C=O) groups excluding carboxylic acids is 3. The summed E-state index contributed by atoms with van der Waals surface area (Å²) in [6.45, 7) is 1.68. The second-order valence-electron chi connectivity index (χ2n) is 7.20. The van der Waals surface area contributed by atoms with Crippen molar-refractivity contribution < 1.29 is 14.4 Å². The number of hydrogen-bond acceptors (Lipinski definition) is 6. The van der Waals surface area contributed by atoms with Gasteiger partial charge >= 0.3 is 0 Å². The number of nitrogens with one attached hydrogen (secondary N) is 2. The van der Waals surface area contributed by atoms with Gasteiger partial charge in [0, 0.05) is 30.6 Å². The Labute approximate surface area is 172 Å². The van der Waals surface area contributed by atoms with E-state index in [1.54, 1.807) is 10.3 Å². The Morgan fingerprint density at radius 2 is 1.86 bits per heavy atom. The van der Waals surface area contributed by atoms with Gasteiger partial charge in [0.1, 0.15) is 0 Å². The van der Waals surface area contributed by atoms with Crippen molar-refractivity contribution in [2.24, 2.45) is 0 Å². The van der Waals surface area contributed by atoms with Crippen LogP contribution in [0, 0.1) is 0 Å². The second kappa shape index (κ2) is 8.60. The summed E-state index contributed by atoms with van der Waals surface area (Å²) in [5.74, 6) is -0.541. The lowest BCUT2D eigenvalue weighted by Crippen LogP contribution is -2.47. The predicted molar refractivity (Wildman–Crippen MR) is 111 cm³/mol. The molecule has 0 bridgehead atoms. The van der Waals surface area contributed by atoms with Crippen molar-refractivity contribution in [3.63, 3.8) is 0 Å². The van der Waals surface area contributed by atoms with Crippen LogP contribution in [0.4, 0.5) is 10.8 Å². The number of carbonyl (C=O) groups is 3. The lowest BCUT2D eigenvalue weighted by Gasteiger charge is -2.30. The molecule has 8 nitrogen and oxygen atoms in total. The van der Waals surface area contributed by atoms with Crippen LogP contribution in [0.1, 0.15) is 30.5 Å². The maximum absolute atomic E-state index is 12.3. The van der Waals surface area contributed by atoms with Gasteiger partial charge in [0.25, 0.3) is 5.91 Å². The molecular weight excluding hydrogens is 390 g/mol. The fourth-order valence-corrected chi connectivity index (χ4v) is 4.56. The van der Waals surface area contributed by atoms with Crippen LogP contribution in [-0.2, 0) is 27.2 Å². The van der Waals surface area contributed by atoms with E-state index in [9.17, 15) is 14.4 Å². The van der Waals surface area contributed by atoms with Crippen LogP contribution in [-0.4, -0.2) is 42.3 Å². The first kappa shape index (κ1) is 19.4. The zero-order chi connectivity index (χ0) is 20.2. The molecule has 0 spiro atoms. The van der Waals surface area contributed by atoms with E-state index in [-0.39, 0.29) is 30.7 Å². The molecule has 1 aromatic heterocycles. The summed E-state index contributed by atoms with van der Waals surface area (Å²) in [6.07, 6.45) is 3.45. The number of hydrazine groups is 1. The van der Waals surface area contributed by atoms with Crippen LogP contribution in [0.2, 0.25) is 0 Å². The number of anilines is 2. The molecule has 0 aliphatic carbocycles. The zero-order valence-corrected chi connectivity index (χ0v) is 16.8. The maximum atomic E-state index is 12.3. The maximum Gasteiger partial charge on any atom is 0.257 e. The number of rotatable bonds is 5. The standard InChI is InChI=1S/C20H23N5O3S/c26-17(11-15-13-29-20(21-15)25-10-4-8-19(25)28)22-23-18(27)12-24-9-3-6-14-5-1-2-7-16(14)24/h1-2,5,7,13H,3-4,6,8-12H2,(H,22,26)(H,23,27). The highest BCUT2D eigenvalue weighted by Crippen LogP contribution is 2.26. The van der Waals surface area contributed by atoms with Gasteiger partial charge in [0.15, 0.2) is 5.13 Å². The summed E-state index contributed by atoms with van der Waals surface area (Å²) >= 11 is 1.35. The van der Waals surface area contributed by atoms with E-state index in [2.05, 4.69) is 21.9 Å². The van der Waals surface area contributed by atoms with Gasteiger partial charge in [0.05, 0.1) is 18.7 Å². The third-order valence-electron chi connectivity index (χ3n) is 5.07.